The lowest BCUT2D eigenvalue weighted by Crippen LogP contribution is -2.21. The fourth-order valence-electron chi connectivity index (χ4n) is 2.87. The topological polar surface area (TPSA) is 56.3 Å². The Balaban J connectivity index is 1.78. The Labute approximate surface area is 163 Å². The zero-order chi connectivity index (χ0) is 19.7. The first-order chi connectivity index (χ1) is 13.4. The van der Waals surface area contributed by atoms with Crippen molar-refractivity contribution in [2.45, 2.75) is 12.5 Å². The molecule has 0 aliphatic carbocycles. The zero-order valence-electron chi connectivity index (χ0n) is 14.5. The molecular formula is C19H15ClF3N3O2. The van der Waals surface area contributed by atoms with Crippen molar-refractivity contribution in [3.63, 3.8) is 0 Å². The van der Waals surface area contributed by atoms with Gasteiger partial charge >= 0.3 is 6.18 Å². The average molecular weight is 410 g/mol. The van der Waals surface area contributed by atoms with E-state index in [4.69, 9.17) is 21.1 Å². The van der Waals surface area contributed by atoms with E-state index in [2.05, 4.69) is 15.3 Å². The molecule has 5 nitrogen and oxygen atoms in total. The maximum absolute atomic E-state index is 13.1. The Morgan fingerprint density at radius 2 is 1.75 bits per heavy atom. The minimum atomic E-state index is -4.46. The summed E-state index contributed by atoms with van der Waals surface area (Å²) < 4.78 is 50.2. The van der Waals surface area contributed by atoms with Crippen LogP contribution >= 0.6 is 11.6 Å². The van der Waals surface area contributed by atoms with Crippen LogP contribution in [0.5, 0.6) is 0 Å². The highest BCUT2D eigenvalue weighted by Crippen LogP contribution is 2.33. The van der Waals surface area contributed by atoms with E-state index in [1.54, 1.807) is 24.3 Å². The van der Waals surface area contributed by atoms with Gasteiger partial charge in [-0.3, -0.25) is 0 Å². The summed E-state index contributed by atoms with van der Waals surface area (Å²) in [6, 6.07) is 10.2. The number of benzene rings is 2. The maximum atomic E-state index is 13.1. The number of rotatable bonds is 4. The van der Waals surface area contributed by atoms with Gasteiger partial charge in [0.25, 0.3) is 0 Å². The molecule has 1 aliphatic heterocycles. The third kappa shape index (κ3) is 4.04. The number of alkyl halides is 3. The first kappa shape index (κ1) is 18.9. The molecule has 28 heavy (non-hydrogen) atoms. The number of hydrogen-bond donors (Lipinski definition) is 1. The quantitative estimate of drug-likeness (QED) is 0.673. The maximum Gasteiger partial charge on any atom is 0.416 e. The second kappa shape index (κ2) is 7.54. The van der Waals surface area contributed by atoms with Crippen molar-refractivity contribution < 1.29 is 22.6 Å². The summed E-state index contributed by atoms with van der Waals surface area (Å²) in [7, 11) is 0. The number of nitrogens with zero attached hydrogens (tertiary/aromatic N) is 2. The first-order valence-corrected chi connectivity index (χ1v) is 8.90. The molecule has 2 heterocycles. The minimum Gasteiger partial charge on any atom is -0.364 e. The summed E-state index contributed by atoms with van der Waals surface area (Å²) in [4.78, 5) is 8.83. The molecule has 3 aromatic rings. The third-order valence-corrected chi connectivity index (χ3v) is 4.51. The highest BCUT2D eigenvalue weighted by Gasteiger charge is 2.31. The van der Waals surface area contributed by atoms with Gasteiger partial charge < -0.3 is 14.8 Å². The number of ether oxygens (including phenoxy) is 2. The van der Waals surface area contributed by atoms with Gasteiger partial charge in [0.1, 0.15) is 5.82 Å². The van der Waals surface area contributed by atoms with Gasteiger partial charge in [-0.25, -0.2) is 9.97 Å². The predicted molar refractivity (Wildman–Crippen MR) is 99.2 cm³/mol. The molecule has 1 aromatic heterocycles. The van der Waals surface area contributed by atoms with Gasteiger partial charge in [0.05, 0.1) is 30.8 Å². The van der Waals surface area contributed by atoms with Crippen LogP contribution in [0, 0.1) is 0 Å². The van der Waals surface area contributed by atoms with E-state index >= 15 is 0 Å². The van der Waals surface area contributed by atoms with Crippen LogP contribution in [-0.2, 0) is 15.7 Å². The molecule has 0 spiro atoms. The van der Waals surface area contributed by atoms with Crippen molar-refractivity contribution in [1.29, 1.82) is 0 Å². The average Bonchev–Trinajstić information content (AvgIpc) is 3.19. The Bertz CT molecular complexity index is 990. The summed E-state index contributed by atoms with van der Waals surface area (Å²) in [6.07, 6.45) is -4.89. The van der Waals surface area contributed by atoms with Gasteiger partial charge in [-0.15, -0.1) is 0 Å². The molecule has 1 fully saturated rings. The normalized spacial score (nSPS) is 15.3. The van der Waals surface area contributed by atoms with E-state index in [1.165, 1.54) is 6.07 Å². The second-order valence-corrected chi connectivity index (χ2v) is 6.62. The highest BCUT2D eigenvalue weighted by atomic mass is 35.5. The van der Waals surface area contributed by atoms with Gasteiger partial charge in [0.15, 0.2) is 12.1 Å². The smallest absolute Gasteiger partial charge is 0.364 e. The molecule has 0 saturated carbocycles. The summed E-state index contributed by atoms with van der Waals surface area (Å²) in [5.41, 5.74) is 0.0554. The molecule has 0 atom stereocenters. The van der Waals surface area contributed by atoms with Gasteiger partial charge in [-0.1, -0.05) is 11.6 Å². The van der Waals surface area contributed by atoms with E-state index in [0.717, 1.165) is 12.1 Å². The summed E-state index contributed by atoms with van der Waals surface area (Å²) in [6.45, 7) is 1.32. The van der Waals surface area contributed by atoms with E-state index in [9.17, 15) is 13.2 Å². The SMILES string of the molecule is FC(F)(F)c1ccc2c(NCC3OCCO3)nc(-c3ccc(Cl)cc3)nc2c1. The van der Waals surface area contributed by atoms with Crippen molar-refractivity contribution >= 4 is 28.3 Å². The molecule has 4 rings (SSSR count). The van der Waals surface area contributed by atoms with Crippen molar-refractivity contribution in [3.05, 3.63) is 53.1 Å². The molecule has 1 N–H and O–H groups in total. The summed E-state index contributed by atoms with van der Waals surface area (Å²) in [5.74, 6) is 0.696. The Kier molecular flexibility index (Phi) is 5.09. The highest BCUT2D eigenvalue weighted by molar-refractivity contribution is 6.30. The van der Waals surface area contributed by atoms with Crippen LogP contribution in [0.15, 0.2) is 42.5 Å². The van der Waals surface area contributed by atoms with Gasteiger partial charge in [0.2, 0.25) is 0 Å². The number of halogens is 4. The number of fused-ring (bicyclic) bond motifs is 1. The first-order valence-electron chi connectivity index (χ1n) is 8.52. The Morgan fingerprint density at radius 1 is 1.04 bits per heavy atom. The van der Waals surface area contributed by atoms with Gasteiger partial charge in [-0.05, 0) is 42.5 Å². The molecule has 1 saturated heterocycles. The van der Waals surface area contributed by atoms with Crippen LogP contribution in [0.25, 0.3) is 22.3 Å². The number of nitrogens with one attached hydrogen (secondary N) is 1. The minimum absolute atomic E-state index is 0.186. The van der Waals surface area contributed by atoms with E-state index in [0.29, 0.717) is 47.4 Å². The molecule has 1 aliphatic rings. The fourth-order valence-corrected chi connectivity index (χ4v) is 3.00. The van der Waals surface area contributed by atoms with Crippen LogP contribution in [0.1, 0.15) is 5.56 Å². The van der Waals surface area contributed by atoms with Crippen molar-refractivity contribution in [2.75, 3.05) is 25.1 Å². The number of anilines is 1. The lowest BCUT2D eigenvalue weighted by Gasteiger charge is -2.15. The molecule has 9 heteroatoms. The van der Waals surface area contributed by atoms with Crippen LogP contribution in [0.3, 0.4) is 0 Å². The molecule has 0 unspecified atom stereocenters. The molecule has 0 amide bonds. The molecule has 2 aromatic carbocycles. The molecule has 0 bridgehead atoms. The lowest BCUT2D eigenvalue weighted by atomic mass is 10.1. The van der Waals surface area contributed by atoms with Crippen LogP contribution < -0.4 is 5.32 Å². The van der Waals surface area contributed by atoms with Crippen LogP contribution in [-0.4, -0.2) is 36.0 Å². The Morgan fingerprint density at radius 3 is 2.43 bits per heavy atom. The van der Waals surface area contributed by atoms with Crippen molar-refractivity contribution in [1.82, 2.24) is 9.97 Å². The Hall–Kier alpha value is -2.42. The molecular weight excluding hydrogens is 395 g/mol. The lowest BCUT2D eigenvalue weighted by molar-refractivity contribution is -0.137. The van der Waals surface area contributed by atoms with Gasteiger partial charge in [0, 0.05) is 16.0 Å². The fraction of sp³-hybridized carbons (Fsp3) is 0.263. The largest absolute Gasteiger partial charge is 0.416 e. The standard InChI is InChI=1S/C19H15ClF3N3O2/c20-13-4-1-11(2-5-13)17-25-15-9-12(19(21,22)23)3-6-14(15)18(26-17)24-10-16-27-7-8-28-16/h1-6,9,16H,7-8,10H2,(H,24,25,26). The van der Waals surface area contributed by atoms with E-state index in [-0.39, 0.29) is 5.52 Å². The third-order valence-electron chi connectivity index (χ3n) is 4.25. The number of hydrogen-bond acceptors (Lipinski definition) is 5. The van der Waals surface area contributed by atoms with E-state index in [1.807, 2.05) is 0 Å². The van der Waals surface area contributed by atoms with Gasteiger partial charge in [-0.2, -0.15) is 13.2 Å². The van der Waals surface area contributed by atoms with Crippen molar-refractivity contribution in [3.8, 4) is 11.4 Å². The van der Waals surface area contributed by atoms with Crippen molar-refractivity contribution in [2.24, 2.45) is 0 Å². The number of aromatic nitrogens is 2. The van der Waals surface area contributed by atoms with Crippen LogP contribution in [0.4, 0.5) is 19.0 Å². The molecule has 146 valence electrons. The molecule has 0 radical (unpaired) electrons. The van der Waals surface area contributed by atoms with Crippen LogP contribution in [0.2, 0.25) is 5.02 Å². The second-order valence-electron chi connectivity index (χ2n) is 6.18. The van der Waals surface area contributed by atoms with E-state index < -0.39 is 18.0 Å². The summed E-state index contributed by atoms with van der Waals surface area (Å²) >= 11 is 5.91. The predicted octanol–water partition coefficient (Wildman–Crippen LogP) is 4.75. The zero-order valence-corrected chi connectivity index (χ0v) is 15.2. The summed E-state index contributed by atoms with van der Waals surface area (Å²) in [5, 5.41) is 4.12. The monoisotopic (exact) mass is 409 g/mol.